The number of nitrogens with one attached hydrogen (secondary N) is 2. The van der Waals surface area contributed by atoms with E-state index < -0.39 is 0 Å². The highest BCUT2D eigenvalue weighted by Crippen LogP contribution is 2.06. The van der Waals surface area contributed by atoms with Crippen LogP contribution in [0.5, 0.6) is 0 Å². The van der Waals surface area contributed by atoms with Crippen LogP contribution in [0.2, 0.25) is 0 Å². The summed E-state index contributed by atoms with van der Waals surface area (Å²) in [5, 5.41) is 6.58. The standard InChI is InChI=1S/C22H29N3O3/c1-17(15-28-16-19-7-5-4-6-8-19)13-24-22(23-2)25-14-18-9-11-20(12-10-18)21(26)27-3/h4-12,17H,13-16H2,1-3H3,(H2,23,24,25). The van der Waals surface area contributed by atoms with Crippen LogP contribution in [0.4, 0.5) is 0 Å². The van der Waals surface area contributed by atoms with Crippen LogP contribution in [0.15, 0.2) is 59.6 Å². The number of methoxy groups -OCH3 is 1. The Morgan fingerprint density at radius 2 is 1.75 bits per heavy atom. The lowest BCUT2D eigenvalue weighted by atomic mass is 10.1. The summed E-state index contributed by atoms with van der Waals surface area (Å²) in [5.41, 5.74) is 2.77. The molecule has 2 rings (SSSR count). The van der Waals surface area contributed by atoms with Gasteiger partial charge in [-0.05, 0) is 29.2 Å². The Balaban J connectivity index is 1.68. The Morgan fingerprint density at radius 1 is 1.04 bits per heavy atom. The van der Waals surface area contributed by atoms with Crippen LogP contribution in [-0.2, 0) is 22.6 Å². The fraction of sp³-hybridized carbons (Fsp3) is 0.364. The van der Waals surface area contributed by atoms with E-state index in [0.29, 0.717) is 31.2 Å². The molecule has 0 amide bonds. The predicted molar refractivity (Wildman–Crippen MR) is 111 cm³/mol. The van der Waals surface area contributed by atoms with Crippen LogP contribution < -0.4 is 10.6 Å². The Labute approximate surface area is 167 Å². The van der Waals surface area contributed by atoms with Gasteiger partial charge >= 0.3 is 5.97 Å². The zero-order valence-corrected chi connectivity index (χ0v) is 16.8. The van der Waals surface area contributed by atoms with Gasteiger partial charge in [0.1, 0.15) is 0 Å². The van der Waals surface area contributed by atoms with E-state index in [1.807, 2.05) is 30.3 Å². The zero-order valence-electron chi connectivity index (χ0n) is 16.8. The normalized spacial score (nSPS) is 12.3. The van der Waals surface area contributed by atoms with Crippen molar-refractivity contribution in [1.29, 1.82) is 0 Å². The topological polar surface area (TPSA) is 72.0 Å². The fourth-order valence-corrected chi connectivity index (χ4v) is 2.56. The lowest BCUT2D eigenvalue weighted by molar-refractivity contribution is 0.0600. The van der Waals surface area contributed by atoms with Gasteiger partial charge in [0.05, 0.1) is 25.9 Å². The van der Waals surface area contributed by atoms with Gasteiger partial charge in [-0.2, -0.15) is 0 Å². The van der Waals surface area contributed by atoms with Crippen LogP contribution in [0.1, 0.15) is 28.4 Å². The van der Waals surface area contributed by atoms with Gasteiger partial charge < -0.3 is 20.1 Å². The van der Waals surface area contributed by atoms with Crippen LogP contribution in [0.3, 0.4) is 0 Å². The zero-order chi connectivity index (χ0) is 20.2. The second-order valence-electron chi connectivity index (χ2n) is 6.60. The number of benzene rings is 2. The summed E-state index contributed by atoms with van der Waals surface area (Å²) in [4.78, 5) is 15.7. The lowest BCUT2D eigenvalue weighted by Crippen LogP contribution is -2.39. The van der Waals surface area contributed by atoms with Crippen molar-refractivity contribution in [3.8, 4) is 0 Å². The lowest BCUT2D eigenvalue weighted by Gasteiger charge is -2.16. The summed E-state index contributed by atoms with van der Waals surface area (Å²) in [6.07, 6.45) is 0. The summed E-state index contributed by atoms with van der Waals surface area (Å²) < 4.78 is 10.5. The average Bonchev–Trinajstić information content (AvgIpc) is 2.74. The molecule has 0 bridgehead atoms. The van der Waals surface area contributed by atoms with Crippen molar-refractivity contribution >= 4 is 11.9 Å². The van der Waals surface area contributed by atoms with Gasteiger partial charge in [-0.25, -0.2) is 4.79 Å². The van der Waals surface area contributed by atoms with E-state index >= 15 is 0 Å². The number of hydrogen-bond donors (Lipinski definition) is 2. The highest BCUT2D eigenvalue weighted by molar-refractivity contribution is 5.89. The number of hydrogen-bond acceptors (Lipinski definition) is 4. The van der Waals surface area contributed by atoms with E-state index in [9.17, 15) is 4.79 Å². The SMILES string of the molecule is CN=C(NCc1ccc(C(=O)OC)cc1)NCC(C)COCc1ccccc1. The molecule has 28 heavy (non-hydrogen) atoms. The van der Waals surface area contributed by atoms with Gasteiger partial charge in [-0.3, -0.25) is 4.99 Å². The Kier molecular flexibility index (Phi) is 9.01. The maximum Gasteiger partial charge on any atom is 0.337 e. The third kappa shape index (κ3) is 7.40. The molecule has 0 fully saturated rings. The third-order valence-corrected chi connectivity index (χ3v) is 4.19. The van der Waals surface area contributed by atoms with E-state index in [-0.39, 0.29) is 5.97 Å². The van der Waals surface area contributed by atoms with Gasteiger partial charge in [0.25, 0.3) is 0 Å². The van der Waals surface area contributed by atoms with E-state index in [2.05, 4.69) is 34.7 Å². The number of nitrogens with zero attached hydrogens (tertiary/aromatic N) is 1. The van der Waals surface area contributed by atoms with Crippen molar-refractivity contribution in [3.63, 3.8) is 0 Å². The molecule has 0 saturated heterocycles. The molecule has 2 aromatic carbocycles. The molecule has 0 spiro atoms. The second kappa shape index (κ2) is 11.8. The van der Waals surface area contributed by atoms with E-state index in [0.717, 1.165) is 18.1 Å². The van der Waals surface area contributed by atoms with Crippen molar-refractivity contribution in [1.82, 2.24) is 10.6 Å². The number of rotatable bonds is 9. The van der Waals surface area contributed by atoms with Crippen LogP contribution >= 0.6 is 0 Å². The molecular formula is C22H29N3O3. The first-order chi connectivity index (χ1) is 13.6. The molecule has 0 aromatic heterocycles. The minimum absolute atomic E-state index is 0.333. The Bertz CT molecular complexity index is 745. The first kappa shape index (κ1) is 21.4. The van der Waals surface area contributed by atoms with Gasteiger partial charge in [0.15, 0.2) is 5.96 Å². The number of esters is 1. The van der Waals surface area contributed by atoms with E-state index in [1.54, 1.807) is 19.2 Å². The van der Waals surface area contributed by atoms with Crippen molar-refractivity contribution in [3.05, 3.63) is 71.3 Å². The molecule has 0 heterocycles. The average molecular weight is 383 g/mol. The van der Waals surface area contributed by atoms with Gasteiger partial charge in [0, 0.05) is 20.1 Å². The number of carbonyl (C=O) groups excluding carboxylic acids is 1. The number of ether oxygens (including phenoxy) is 2. The first-order valence-corrected chi connectivity index (χ1v) is 9.35. The van der Waals surface area contributed by atoms with E-state index in [4.69, 9.17) is 9.47 Å². The molecule has 0 aliphatic heterocycles. The minimum atomic E-state index is -0.333. The molecule has 1 unspecified atom stereocenters. The van der Waals surface area contributed by atoms with E-state index in [1.165, 1.54) is 12.7 Å². The summed E-state index contributed by atoms with van der Waals surface area (Å²) in [7, 11) is 3.12. The third-order valence-electron chi connectivity index (χ3n) is 4.19. The maximum atomic E-state index is 11.5. The molecule has 6 heteroatoms. The highest BCUT2D eigenvalue weighted by atomic mass is 16.5. The molecule has 0 aliphatic rings. The summed E-state index contributed by atoms with van der Waals surface area (Å²) >= 11 is 0. The molecule has 0 aliphatic carbocycles. The number of guanidine groups is 1. The monoisotopic (exact) mass is 383 g/mol. The van der Waals surface area contributed by atoms with Gasteiger partial charge in [0.2, 0.25) is 0 Å². The van der Waals surface area contributed by atoms with Gasteiger partial charge in [-0.1, -0.05) is 49.4 Å². The minimum Gasteiger partial charge on any atom is -0.465 e. The highest BCUT2D eigenvalue weighted by Gasteiger charge is 2.06. The first-order valence-electron chi connectivity index (χ1n) is 9.35. The fourth-order valence-electron chi connectivity index (χ4n) is 2.56. The molecule has 0 saturated carbocycles. The molecule has 2 N–H and O–H groups in total. The maximum absolute atomic E-state index is 11.5. The molecule has 6 nitrogen and oxygen atoms in total. The molecule has 0 radical (unpaired) electrons. The predicted octanol–water partition coefficient (Wildman–Crippen LogP) is 2.99. The molecular weight excluding hydrogens is 354 g/mol. The number of carbonyl (C=O) groups is 1. The second-order valence-corrected chi connectivity index (χ2v) is 6.60. The summed E-state index contributed by atoms with van der Waals surface area (Å²) in [6.45, 7) is 4.81. The largest absolute Gasteiger partial charge is 0.465 e. The van der Waals surface area contributed by atoms with Crippen LogP contribution in [0, 0.1) is 5.92 Å². The van der Waals surface area contributed by atoms with Crippen LogP contribution in [0.25, 0.3) is 0 Å². The van der Waals surface area contributed by atoms with Crippen LogP contribution in [-0.4, -0.2) is 39.2 Å². The smallest absolute Gasteiger partial charge is 0.337 e. The van der Waals surface area contributed by atoms with Crippen molar-refractivity contribution in [2.24, 2.45) is 10.9 Å². The summed E-state index contributed by atoms with van der Waals surface area (Å²) in [6, 6.07) is 17.5. The van der Waals surface area contributed by atoms with Gasteiger partial charge in [-0.15, -0.1) is 0 Å². The van der Waals surface area contributed by atoms with Crippen molar-refractivity contribution in [2.45, 2.75) is 20.1 Å². The number of aliphatic imine (C=N–C) groups is 1. The molecule has 2 aromatic rings. The molecule has 150 valence electrons. The Morgan fingerprint density at radius 3 is 2.39 bits per heavy atom. The quantitative estimate of drug-likeness (QED) is 0.396. The Hall–Kier alpha value is -2.86. The van der Waals surface area contributed by atoms with Crippen molar-refractivity contribution < 1.29 is 14.3 Å². The summed E-state index contributed by atoms with van der Waals surface area (Å²) in [5.74, 6) is 0.744. The molecule has 1 atom stereocenters. The van der Waals surface area contributed by atoms with Crippen molar-refractivity contribution in [2.75, 3.05) is 27.3 Å².